The number of amides is 2. The Kier molecular flexibility index (Phi) is 8.60. The molecule has 0 saturated carbocycles. The Labute approximate surface area is 248 Å². The van der Waals surface area contributed by atoms with E-state index in [0.717, 1.165) is 4.70 Å². The molecule has 0 aliphatic carbocycles. The SMILES string of the molecule is C[C@@H]1CN([C@@H](C)CO)C(=O)c2cccc(NC(=O)c3nc4ccccc4s3)c2O[C@H]1CN(C)S(=O)(=O)c1ccccc1. The number of carbonyl (C=O) groups excluding carboxylic acids is 2. The zero-order valence-electron chi connectivity index (χ0n) is 23.4. The lowest BCUT2D eigenvalue weighted by Gasteiger charge is -2.38. The number of sulfonamides is 1. The zero-order valence-corrected chi connectivity index (χ0v) is 25.1. The number of benzene rings is 3. The van der Waals surface area contributed by atoms with Gasteiger partial charge in [0.25, 0.3) is 11.8 Å². The summed E-state index contributed by atoms with van der Waals surface area (Å²) in [5.74, 6) is -1.03. The number of nitrogens with zero attached hydrogens (tertiary/aromatic N) is 3. The third-order valence-corrected chi connectivity index (χ3v) is 10.2. The molecule has 2 amide bonds. The van der Waals surface area contributed by atoms with E-state index in [1.54, 1.807) is 48.2 Å². The molecule has 3 atom stereocenters. The van der Waals surface area contributed by atoms with Crippen LogP contribution in [-0.4, -0.2) is 78.4 Å². The van der Waals surface area contributed by atoms with Gasteiger partial charge in [-0.3, -0.25) is 9.59 Å². The Morgan fingerprint density at radius 2 is 1.86 bits per heavy atom. The highest BCUT2D eigenvalue weighted by Gasteiger charge is 2.36. The number of hydrogen-bond donors (Lipinski definition) is 2. The minimum absolute atomic E-state index is 0.0203. The average molecular weight is 609 g/mol. The molecule has 3 aromatic carbocycles. The highest BCUT2D eigenvalue weighted by atomic mass is 32.2. The van der Waals surface area contributed by atoms with E-state index in [0.29, 0.717) is 5.52 Å². The van der Waals surface area contributed by atoms with E-state index in [1.165, 1.54) is 34.8 Å². The first-order chi connectivity index (χ1) is 20.1. The van der Waals surface area contributed by atoms with E-state index in [2.05, 4.69) is 10.3 Å². The van der Waals surface area contributed by atoms with Crippen molar-refractivity contribution in [3.63, 3.8) is 0 Å². The van der Waals surface area contributed by atoms with Crippen LogP contribution in [0.4, 0.5) is 5.69 Å². The molecular weight excluding hydrogens is 576 g/mol. The average Bonchev–Trinajstić information content (AvgIpc) is 3.44. The van der Waals surface area contributed by atoms with Gasteiger partial charge in [0.1, 0.15) is 6.10 Å². The maximum absolute atomic E-state index is 13.7. The number of carbonyl (C=O) groups is 2. The largest absolute Gasteiger partial charge is 0.486 e. The number of aliphatic hydroxyl groups excluding tert-OH is 1. The van der Waals surface area contributed by atoms with E-state index in [9.17, 15) is 23.1 Å². The number of fused-ring (bicyclic) bond motifs is 2. The van der Waals surface area contributed by atoms with Crippen LogP contribution in [0.5, 0.6) is 5.75 Å². The monoisotopic (exact) mass is 608 g/mol. The first kappa shape index (κ1) is 29.6. The lowest BCUT2D eigenvalue weighted by Crippen LogP contribution is -2.50. The summed E-state index contributed by atoms with van der Waals surface area (Å²) in [6.07, 6.45) is -0.700. The molecule has 0 radical (unpaired) electrons. The fraction of sp³-hybridized carbons (Fsp3) is 0.300. The Morgan fingerprint density at radius 3 is 2.57 bits per heavy atom. The Morgan fingerprint density at radius 1 is 1.14 bits per heavy atom. The van der Waals surface area contributed by atoms with Crippen LogP contribution in [0.3, 0.4) is 0 Å². The van der Waals surface area contributed by atoms with Crippen molar-refractivity contribution in [3.05, 3.63) is 83.4 Å². The maximum atomic E-state index is 13.7. The molecule has 0 spiro atoms. The molecule has 1 aliphatic rings. The molecular formula is C30H32N4O6S2. The van der Waals surface area contributed by atoms with Crippen molar-refractivity contribution in [2.75, 3.05) is 32.1 Å². The second-order valence-electron chi connectivity index (χ2n) is 10.3. The summed E-state index contributed by atoms with van der Waals surface area (Å²) in [5.41, 5.74) is 1.16. The fourth-order valence-electron chi connectivity index (χ4n) is 4.83. The number of nitrogens with one attached hydrogen (secondary N) is 1. The Bertz CT molecular complexity index is 1680. The smallest absolute Gasteiger partial charge is 0.284 e. The van der Waals surface area contributed by atoms with Gasteiger partial charge in [0, 0.05) is 19.5 Å². The molecule has 2 heterocycles. The van der Waals surface area contributed by atoms with Crippen LogP contribution in [0.15, 0.2) is 77.7 Å². The predicted molar refractivity (Wildman–Crippen MR) is 161 cm³/mol. The molecule has 1 aliphatic heterocycles. The molecule has 42 heavy (non-hydrogen) atoms. The quantitative estimate of drug-likeness (QED) is 0.308. The lowest BCUT2D eigenvalue weighted by atomic mass is 9.99. The minimum Gasteiger partial charge on any atom is -0.486 e. The summed E-state index contributed by atoms with van der Waals surface area (Å²) in [4.78, 5) is 33.2. The second kappa shape index (κ2) is 12.2. The normalized spacial score (nSPS) is 18.2. The molecule has 0 bridgehead atoms. The number of hydrogen-bond acceptors (Lipinski definition) is 8. The number of anilines is 1. The van der Waals surface area contributed by atoms with Gasteiger partial charge in [-0.25, -0.2) is 13.4 Å². The number of thiazole rings is 1. The summed E-state index contributed by atoms with van der Waals surface area (Å²) in [6, 6.07) is 19.9. The summed E-state index contributed by atoms with van der Waals surface area (Å²) < 4.78 is 35.2. The van der Waals surface area contributed by atoms with Gasteiger partial charge in [-0.1, -0.05) is 43.3 Å². The van der Waals surface area contributed by atoms with Gasteiger partial charge < -0.3 is 20.1 Å². The van der Waals surface area contributed by atoms with Gasteiger partial charge in [0.05, 0.1) is 45.6 Å². The third-order valence-electron chi connectivity index (χ3n) is 7.32. The number of para-hydroxylation sites is 2. The zero-order chi connectivity index (χ0) is 30.0. The van der Waals surface area contributed by atoms with Crippen LogP contribution in [0, 0.1) is 5.92 Å². The standard InChI is InChI=1S/C30H32N4O6S2/c1-19-16-34(20(2)18-35)30(37)22-12-9-14-24(31-28(36)29-32-23-13-7-8-15-26(23)41-29)27(22)40-25(19)17-33(3)42(38,39)21-10-5-4-6-11-21/h4-15,19-20,25,35H,16-18H2,1-3H3,(H,31,36)/t19-,20+,25+/m1/s1. The van der Waals surface area contributed by atoms with Crippen LogP contribution in [0.2, 0.25) is 0 Å². The molecule has 0 fully saturated rings. The van der Waals surface area contributed by atoms with Gasteiger partial charge in [-0.2, -0.15) is 4.31 Å². The van der Waals surface area contributed by atoms with E-state index < -0.39 is 28.1 Å². The summed E-state index contributed by atoms with van der Waals surface area (Å²) in [7, 11) is -2.34. The number of aromatic nitrogens is 1. The summed E-state index contributed by atoms with van der Waals surface area (Å²) >= 11 is 1.25. The van der Waals surface area contributed by atoms with Crippen molar-refractivity contribution < 1.29 is 27.9 Å². The Hall–Kier alpha value is -3.84. The van der Waals surface area contributed by atoms with Crippen molar-refractivity contribution in [1.82, 2.24) is 14.2 Å². The molecule has 0 unspecified atom stereocenters. The number of likely N-dealkylation sites (N-methyl/N-ethyl adjacent to an activating group) is 1. The molecule has 4 aromatic rings. The topological polar surface area (TPSA) is 129 Å². The van der Waals surface area contributed by atoms with Crippen molar-refractivity contribution >= 4 is 49.1 Å². The maximum Gasteiger partial charge on any atom is 0.284 e. The summed E-state index contributed by atoms with van der Waals surface area (Å²) in [5, 5.41) is 13.0. The molecule has 10 nitrogen and oxygen atoms in total. The molecule has 12 heteroatoms. The van der Waals surface area contributed by atoms with Crippen molar-refractivity contribution in [2.24, 2.45) is 5.92 Å². The second-order valence-corrected chi connectivity index (χ2v) is 13.4. The van der Waals surface area contributed by atoms with Crippen LogP contribution >= 0.6 is 11.3 Å². The van der Waals surface area contributed by atoms with Crippen molar-refractivity contribution in [2.45, 2.75) is 30.9 Å². The fourth-order valence-corrected chi connectivity index (χ4v) is 6.89. The van der Waals surface area contributed by atoms with E-state index >= 15 is 0 Å². The van der Waals surface area contributed by atoms with Gasteiger partial charge in [-0.05, 0) is 43.3 Å². The van der Waals surface area contributed by atoms with Gasteiger partial charge in [-0.15, -0.1) is 11.3 Å². The van der Waals surface area contributed by atoms with Crippen LogP contribution in [0.1, 0.15) is 34.0 Å². The van der Waals surface area contributed by atoms with Crippen LogP contribution < -0.4 is 10.1 Å². The van der Waals surface area contributed by atoms with E-state index in [-0.39, 0.29) is 58.4 Å². The number of rotatable bonds is 8. The number of aliphatic hydroxyl groups is 1. The van der Waals surface area contributed by atoms with E-state index in [1.807, 2.05) is 31.2 Å². The highest BCUT2D eigenvalue weighted by molar-refractivity contribution is 7.89. The molecule has 0 saturated heterocycles. The highest BCUT2D eigenvalue weighted by Crippen LogP contribution is 2.36. The first-order valence-electron chi connectivity index (χ1n) is 13.5. The molecule has 2 N–H and O–H groups in total. The van der Waals surface area contributed by atoms with Crippen LogP contribution in [0.25, 0.3) is 10.2 Å². The van der Waals surface area contributed by atoms with Gasteiger partial charge >= 0.3 is 0 Å². The minimum atomic E-state index is -3.83. The van der Waals surface area contributed by atoms with Gasteiger partial charge in [0.15, 0.2) is 10.8 Å². The number of ether oxygens (including phenoxy) is 1. The Balaban J connectivity index is 1.51. The summed E-state index contributed by atoms with van der Waals surface area (Å²) in [6.45, 7) is 3.56. The molecule has 220 valence electrons. The van der Waals surface area contributed by atoms with Crippen LogP contribution in [-0.2, 0) is 10.0 Å². The van der Waals surface area contributed by atoms with Crippen molar-refractivity contribution in [1.29, 1.82) is 0 Å². The van der Waals surface area contributed by atoms with E-state index in [4.69, 9.17) is 4.74 Å². The predicted octanol–water partition coefficient (Wildman–Crippen LogP) is 4.09. The lowest BCUT2D eigenvalue weighted by molar-refractivity contribution is 0.0388. The molecule has 1 aromatic heterocycles. The third kappa shape index (κ3) is 5.88. The first-order valence-corrected chi connectivity index (χ1v) is 15.8. The molecule has 5 rings (SSSR count). The van der Waals surface area contributed by atoms with Gasteiger partial charge in [0.2, 0.25) is 10.0 Å². The van der Waals surface area contributed by atoms with Crippen molar-refractivity contribution in [3.8, 4) is 5.75 Å².